The van der Waals surface area contributed by atoms with E-state index < -0.39 is 22.3 Å². The number of rotatable bonds is 4. The van der Waals surface area contributed by atoms with Crippen LogP contribution in [0.25, 0.3) is 0 Å². The summed E-state index contributed by atoms with van der Waals surface area (Å²) in [6.07, 6.45) is 1.05. The Kier molecular flexibility index (Phi) is 3.47. The van der Waals surface area contributed by atoms with E-state index >= 15 is 0 Å². The molecule has 0 bridgehead atoms. The predicted molar refractivity (Wildman–Crippen MR) is 66.1 cm³/mol. The molecule has 104 valence electrons. The molecule has 20 heavy (non-hydrogen) atoms. The smallest absolute Gasteiger partial charge is 0.363 e. The number of carboxylic acid groups (broad SMARTS) is 1. The van der Waals surface area contributed by atoms with Gasteiger partial charge in [-0.25, -0.2) is 9.18 Å². The first kappa shape index (κ1) is 13.7. The zero-order valence-corrected chi connectivity index (χ0v) is 10.4. The summed E-state index contributed by atoms with van der Waals surface area (Å²) < 4.78 is 14.1. The summed E-state index contributed by atoms with van der Waals surface area (Å²) >= 11 is 0. The number of halogens is 1. The van der Waals surface area contributed by atoms with Crippen LogP contribution in [0.5, 0.6) is 0 Å². The molecule has 0 aliphatic rings. The van der Waals surface area contributed by atoms with Crippen LogP contribution in [0.2, 0.25) is 0 Å². The van der Waals surface area contributed by atoms with Gasteiger partial charge in [-0.05, 0) is 30.2 Å². The van der Waals surface area contributed by atoms with Crippen LogP contribution >= 0.6 is 0 Å². The van der Waals surface area contributed by atoms with Crippen molar-refractivity contribution in [1.82, 2.24) is 9.78 Å². The van der Waals surface area contributed by atoms with Gasteiger partial charge in [-0.15, -0.1) is 0 Å². The van der Waals surface area contributed by atoms with Crippen molar-refractivity contribution >= 4 is 11.7 Å². The van der Waals surface area contributed by atoms with E-state index in [2.05, 4.69) is 5.10 Å². The Bertz CT molecular complexity index is 665. The molecular weight excluding hydrogens is 269 g/mol. The number of benzene rings is 1. The second-order valence-electron chi connectivity index (χ2n) is 4.19. The van der Waals surface area contributed by atoms with Gasteiger partial charge in [-0.1, -0.05) is 6.07 Å². The Morgan fingerprint density at radius 2 is 2.25 bits per heavy atom. The third-order valence-electron chi connectivity index (χ3n) is 2.78. The number of aromatic nitrogens is 2. The summed E-state index contributed by atoms with van der Waals surface area (Å²) in [7, 11) is 0. The summed E-state index contributed by atoms with van der Waals surface area (Å²) in [5.41, 5.74) is 0.160. The maximum atomic E-state index is 13.0. The lowest BCUT2D eigenvalue weighted by Gasteiger charge is -2.05. The number of carbonyl (C=O) groups is 1. The molecule has 1 N–H and O–H groups in total. The van der Waals surface area contributed by atoms with Crippen LogP contribution < -0.4 is 0 Å². The molecular formula is C12H10FN3O4. The van der Waals surface area contributed by atoms with Crippen LogP contribution in [-0.4, -0.2) is 25.8 Å². The minimum absolute atomic E-state index is 0.125. The fourth-order valence-corrected chi connectivity index (χ4v) is 1.79. The monoisotopic (exact) mass is 279 g/mol. The second-order valence-corrected chi connectivity index (χ2v) is 4.19. The van der Waals surface area contributed by atoms with Crippen molar-refractivity contribution in [2.45, 2.75) is 13.5 Å². The highest BCUT2D eigenvalue weighted by atomic mass is 19.1. The lowest BCUT2D eigenvalue weighted by atomic mass is 10.1. The fourth-order valence-electron chi connectivity index (χ4n) is 1.79. The number of nitro groups is 1. The van der Waals surface area contributed by atoms with Gasteiger partial charge in [0.25, 0.3) is 0 Å². The maximum absolute atomic E-state index is 13.0. The average Bonchev–Trinajstić information content (AvgIpc) is 2.77. The number of nitrogens with zero attached hydrogens (tertiary/aromatic N) is 3. The van der Waals surface area contributed by atoms with E-state index in [1.807, 2.05) is 0 Å². The summed E-state index contributed by atoms with van der Waals surface area (Å²) in [5, 5.41) is 23.3. The van der Waals surface area contributed by atoms with E-state index in [-0.39, 0.29) is 12.4 Å². The zero-order valence-electron chi connectivity index (χ0n) is 10.4. The Hall–Kier alpha value is -2.77. The molecule has 0 spiro atoms. The van der Waals surface area contributed by atoms with Crippen molar-refractivity contribution in [1.29, 1.82) is 0 Å². The zero-order chi connectivity index (χ0) is 14.9. The van der Waals surface area contributed by atoms with Crippen molar-refractivity contribution in [2.24, 2.45) is 0 Å². The Morgan fingerprint density at radius 1 is 1.55 bits per heavy atom. The molecule has 2 rings (SSSR count). The van der Waals surface area contributed by atoms with Gasteiger partial charge in [-0.2, -0.15) is 5.10 Å². The lowest BCUT2D eigenvalue weighted by Crippen LogP contribution is -2.05. The first-order valence-electron chi connectivity index (χ1n) is 5.58. The van der Waals surface area contributed by atoms with Crippen molar-refractivity contribution in [3.05, 3.63) is 57.1 Å². The predicted octanol–water partition coefficient (Wildman–Crippen LogP) is 1.99. The van der Waals surface area contributed by atoms with E-state index in [4.69, 9.17) is 5.11 Å². The van der Waals surface area contributed by atoms with E-state index in [0.717, 1.165) is 10.9 Å². The van der Waals surface area contributed by atoms with E-state index in [0.29, 0.717) is 11.1 Å². The van der Waals surface area contributed by atoms with Gasteiger partial charge in [0.2, 0.25) is 5.69 Å². The average molecular weight is 279 g/mol. The third-order valence-corrected chi connectivity index (χ3v) is 2.78. The number of aryl methyl sites for hydroxylation is 1. The standard InChI is InChI=1S/C12H10FN3O4/c1-7-4-9(13)3-2-8(7)5-15-6-10(16(19)20)11(14-15)12(17)18/h2-4,6H,5H2,1H3,(H,17,18). The van der Waals surface area contributed by atoms with E-state index in [1.165, 1.54) is 18.2 Å². The lowest BCUT2D eigenvalue weighted by molar-refractivity contribution is -0.385. The molecule has 0 aliphatic carbocycles. The topological polar surface area (TPSA) is 98.3 Å². The minimum Gasteiger partial charge on any atom is -0.476 e. The largest absolute Gasteiger partial charge is 0.476 e. The van der Waals surface area contributed by atoms with E-state index in [1.54, 1.807) is 6.92 Å². The minimum atomic E-state index is -1.47. The van der Waals surface area contributed by atoms with Gasteiger partial charge in [0.1, 0.15) is 12.0 Å². The third kappa shape index (κ3) is 2.63. The van der Waals surface area contributed by atoms with Crippen LogP contribution in [0.3, 0.4) is 0 Å². The first-order chi connectivity index (χ1) is 9.38. The van der Waals surface area contributed by atoms with Crippen molar-refractivity contribution in [3.8, 4) is 0 Å². The van der Waals surface area contributed by atoms with Crippen LogP contribution in [0.1, 0.15) is 21.6 Å². The SMILES string of the molecule is Cc1cc(F)ccc1Cn1cc([N+](=O)[O-])c(C(=O)O)n1. The summed E-state index contributed by atoms with van der Waals surface area (Å²) in [6.45, 7) is 1.81. The summed E-state index contributed by atoms with van der Waals surface area (Å²) in [4.78, 5) is 20.8. The van der Waals surface area contributed by atoms with Gasteiger partial charge in [-0.3, -0.25) is 14.8 Å². The molecule has 0 unspecified atom stereocenters. The molecule has 0 amide bonds. The van der Waals surface area contributed by atoms with Crippen molar-refractivity contribution in [3.63, 3.8) is 0 Å². The van der Waals surface area contributed by atoms with Gasteiger partial charge < -0.3 is 5.11 Å². The summed E-state index contributed by atoms with van der Waals surface area (Å²) in [5.74, 6) is -1.85. The molecule has 0 fully saturated rings. The number of aromatic carboxylic acids is 1. The molecule has 8 heteroatoms. The van der Waals surface area contributed by atoms with Gasteiger partial charge in [0.15, 0.2) is 0 Å². The van der Waals surface area contributed by atoms with Gasteiger partial charge >= 0.3 is 11.7 Å². The van der Waals surface area contributed by atoms with Crippen LogP contribution in [-0.2, 0) is 6.54 Å². The molecule has 1 aromatic heterocycles. The maximum Gasteiger partial charge on any atom is 0.363 e. The van der Waals surface area contributed by atoms with Gasteiger partial charge in [0, 0.05) is 0 Å². The Morgan fingerprint density at radius 3 is 2.75 bits per heavy atom. The molecule has 7 nitrogen and oxygen atoms in total. The Balaban J connectivity index is 2.37. The number of hydrogen-bond donors (Lipinski definition) is 1. The molecule has 0 atom stereocenters. The van der Waals surface area contributed by atoms with Crippen LogP contribution in [0, 0.1) is 22.9 Å². The number of carboxylic acids is 1. The fraction of sp³-hybridized carbons (Fsp3) is 0.167. The highest BCUT2D eigenvalue weighted by Gasteiger charge is 2.25. The van der Waals surface area contributed by atoms with Crippen molar-refractivity contribution < 1.29 is 19.2 Å². The second kappa shape index (κ2) is 5.08. The first-order valence-corrected chi connectivity index (χ1v) is 5.58. The highest BCUT2D eigenvalue weighted by molar-refractivity contribution is 5.89. The molecule has 1 aromatic carbocycles. The molecule has 1 heterocycles. The molecule has 0 saturated carbocycles. The number of hydrogen-bond acceptors (Lipinski definition) is 4. The molecule has 0 radical (unpaired) electrons. The molecule has 0 aliphatic heterocycles. The van der Waals surface area contributed by atoms with Crippen LogP contribution in [0.4, 0.5) is 10.1 Å². The summed E-state index contributed by atoms with van der Waals surface area (Å²) in [6, 6.07) is 4.11. The van der Waals surface area contributed by atoms with Gasteiger partial charge in [0.05, 0.1) is 11.5 Å². The quantitative estimate of drug-likeness (QED) is 0.681. The normalized spacial score (nSPS) is 10.5. The molecule has 0 saturated heterocycles. The Labute approximate surface area is 112 Å². The van der Waals surface area contributed by atoms with Crippen molar-refractivity contribution in [2.75, 3.05) is 0 Å². The molecule has 2 aromatic rings. The highest BCUT2D eigenvalue weighted by Crippen LogP contribution is 2.18. The van der Waals surface area contributed by atoms with Crippen LogP contribution in [0.15, 0.2) is 24.4 Å². The van der Waals surface area contributed by atoms with E-state index in [9.17, 15) is 19.3 Å².